The lowest BCUT2D eigenvalue weighted by Crippen LogP contribution is -2.21. The zero-order chi connectivity index (χ0) is 22.3. The van der Waals surface area contributed by atoms with Gasteiger partial charge < -0.3 is 10.4 Å². The fourth-order valence-electron chi connectivity index (χ4n) is 3.23. The molecule has 154 valence electrons. The molecule has 0 radical (unpaired) electrons. The van der Waals surface area contributed by atoms with E-state index in [2.05, 4.69) is 18.5 Å². The van der Waals surface area contributed by atoms with Crippen LogP contribution >= 0.6 is 0 Å². The smallest absolute Gasteiger partial charge is 0.303 e. The number of aliphatic carboxylic acids is 1. The summed E-state index contributed by atoms with van der Waals surface area (Å²) in [4.78, 5) is 23.7. The molecule has 0 bridgehead atoms. The van der Waals surface area contributed by atoms with Crippen molar-refractivity contribution in [2.24, 2.45) is 0 Å². The van der Waals surface area contributed by atoms with Crippen molar-refractivity contribution in [1.82, 2.24) is 0 Å². The second kappa shape index (κ2) is 10.2. The number of carboxylic acid groups (broad SMARTS) is 1. The maximum Gasteiger partial charge on any atom is 0.303 e. The molecule has 0 fully saturated rings. The summed E-state index contributed by atoms with van der Waals surface area (Å²) in [7, 11) is 0. The lowest BCUT2D eigenvalue weighted by atomic mass is 9.91. The molecule has 0 saturated heterocycles. The summed E-state index contributed by atoms with van der Waals surface area (Å²) in [5, 5.41) is 20.9. The fourth-order valence-corrected chi connectivity index (χ4v) is 3.23. The molecule has 2 N–H and O–H groups in total. The van der Waals surface area contributed by atoms with Crippen LogP contribution in [0.5, 0.6) is 0 Å². The van der Waals surface area contributed by atoms with E-state index < -0.39 is 17.7 Å². The zero-order valence-electron chi connectivity index (χ0n) is 16.7. The number of nitrogens with one attached hydrogen (secondary N) is 1. The first-order valence-electron chi connectivity index (χ1n) is 9.45. The second-order valence-corrected chi connectivity index (χ2v) is 6.81. The van der Waals surface area contributed by atoms with E-state index in [9.17, 15) is 19.2 Å². The number of carbonyl (C=O) groups is 2. The van der Waals surface area contributed by atoms with Crippen LogP contribution in [0.3, 0.4) is 0 Å². The third-order valence-electron chi connectivity index (χ3n) is 4.87. The summed E-state index contributed by atoms with van der Waals surface area (Å²) in [6.07, 6.45) is 3.73. The first kappa shape index (κ1) is 22.6. The number of nitriles is 1. The number of benzene rings is 2. The molecule has 2 aromatic carbocycles. The average Bonchev–Trinajstić information content (AvgIpc) is 2.73. The lowest BCUT2D eigenvalue weighted by molar-refractivity contribution is -0.137. The first-order chi connectivity index (χ1) is 14.3. The van der Waals surface area contributed by atoms with Crippen LogP contribution in [0.25, 0.3) is 12.2 Å². The predicted octanol–water partition coefficient (Wildman–Crippen LogP) is 5.13. The third-order valence-corrected chi connectivity index (χ3v) is 4.87. The molecule has 0 saturated carbocycles. The first-order valence-corrected chi connectivity index (χ1v) is 9.45. The van der Waals surface area contributed by atoms with Gasteiger partial charge in [0.15, 0.2) is 0 Å². The van der Waals surface area contributed by atoms with Gasteiger partial charge in [-0.15, -0.1) is 0 Å². The Kier molecular flexibility index (Phi) is 7.65. The standard InChI is InChI=1S/C24H23FN2O3/c1-4-18-19(5-2)21(25)12-11-20(18)15(3)24(30)27-22-13-16(14-26)9-10-17(22)7-6-8-23(28)29/h4-5,9-13,15H,1-2,6-8H2,3H3,(H,27,30)(H,28,29). The highest BCUT2D eigenvalue weighted by molar-refractivity contribution is 5.97. The monoisotopic (exact) mass is 406 g/mol. The van der Waals surface area contributed by atoms with Crippen LogP contribution in [0.2, 0.25) is 0 Å². The van der Waals surface area contributed by atoms with Gasteiger partial charge in [-0.1, -0.05) is 37.4 Å². The molecule has 6 heteroatoms. The SMILES string of the molecule is C=Cc1c(F)ccc(C(C)C(=O)Nc2cc(C#N)ccc2CCCC(=O)O)c1C=C. The number of nitrogens with zero attached hydrogens (tertiary/aromatic N) is 1. The number of carboxylic acids is 1. The maximum atomic E-state index is 14.0. The molecule has 30 heavy (non-hydrogen) atoms. The highest BCUT2D eigenvalue weighted by atomic mass is 19.1. The Morgan fingerprint density at radius 2 is 1.93 bits per heavy atom. The number of rotatable bonds is 9. The van der Waals surface area contributed by atoms with E-state index in [1.54, 1.807) is 31.2 Å². The largest absolute Gasteiger partial charge is 0.481 e. The predicted molar refractivity (Wildman–Crippen MR) is 115 cm³/mol. The summed E-state index contributed by atoms with van der Waals surface area (Å²) in [6.45, 7) is 9.04. The van der Waals surface area contributed by atoms with Crippen molar-refractivity contribution in [3.05, 3.63) is 77.1 Å². The number of aryl methyl sites for hydroxylation is 1. The highest BCUT2D eigenvalue weighted by Gasteiger charge is 2.21. The molecule has 2 aromatic rings. The number of hydrogen-bond donors (Lipinski definition) is 2. The maximum absolute atomic E-state index is 14.0. The Labute approximate surface area is 175 Å². The molecule has 0 aliphatic rings. The molecule has 2 rings (SSSR count). The lowest BCUT2D eigenvalue weighted by Gasteiger charge is -2.18. The van der Waals surface area contributed by atoms with Gasteiger partial charge in [0, 0.05) is 17.7 Å². The van der Waals surface area contributed by atoms with Gasteiger partial charge in [-0.2, -0.15) is 5.26 Å². The van der Waals surface area contributed by atoms with Gasteiger partial charge in [-0.05, 0) is 54.7 Å². The number of carbonyl (C=O) groups excluding carboxylic acids is 1. The molecule has 0 aliphatic carbocycles. The van der Waals surface area contributed by atoms with Crippen molar-refractivity contribution in [2.45, 2.75) is 32.1 Å². The summed E-state index contributed by atoms with van der Waals surface area (Å²) >= 11 is 0. The topological polar surface area (TPSA) is 90.2 Å². The van der Waals surface area contributed by atoms with Crippen molar-refractivity contribution in [3.8, 4) is 6.07 Å². The highest BCUT2D eigenvalue weighted by Crippen LogP contribution is 2.29. The van der Waals surface area contributed by atoms with Crippen LogP contribution in [-0.2, 0) is 16.0 Å². The van der Waals surface area contributed by atoms with E-state index in [1.165, 1.54) is 18.2 Å². The van der Waals surface area contributed by atoms with Gasteiger partial charge in [0.25, 0.3) is 0 Å². The molecule has 0 heterocycles. The third kappa shape index (κ3) is 5.21. The van der Waals surface area contributed by atoms with Gasteiger partial charge in [0.05, 0.1) is 17.6 Å². The van der Waals surface area contributed by atoms with Gasteiger partial charge in [0.1, 0.15) is 5.82 Å². The van der Waals surface area contributed by atoms with Gasteiger partial charge in [0.2, 0.25) is 5.91 Å². The second-order valence-electron chi connectivity index (χ2n) is 6.81. The minimum absolute atomic E-state index is 0.00634. The number of hydrogen-bond acceptors (Lipinski definition) is 3. The molecular formula is C24H23FN2O3. The summed E-state index contributed by atoms with van der Waals surface area (Å²) in [5.74, 6) is -2.31. The number of halogens is 1. The fraction of sp³-hybridized carbons (Fsp3) is 0.208. The Morgan fingerprint density at radius 1 is 1.23 bits per heavy atom. The van der Waals surface area contributed by atoms with E-state index in [0.29, 0.717) is 35.2 Å². The summed E-state index contributed by atoms with van der Waals surface area (Å²) in [5.41, 5.74) is 2.96. The Morgan fingerprint density at radius 3 is 2.53 bits per heavy atom. The van der Waals surface area contributed by atoms with Crippen molar-refractivity contribution in [2.75, 3.05) is 5.32 Å². The summed E-state index contributed by atoms with van der Waals surface area (Å²) < 4.78 is 14.0. The van der Waals surface area contributed by atoms with Crippen molar-refractivity contribution >= 4 is 29.7 Å². The summed E-state index contributed by atoms with van der Waals surface area (Å²) in [6, 6.07) is 9.77. The van der Waals surface area contributed by atoms with Gasteiger partial charge in [-0.25, -0.2) is 4.39 Å². The van der Waals surface area contributed by atoms with Gasteiger partial charge >= 0.3 is 5.97 Å². The Hall–Kier alpha value is -3.72. The van der Waals surface area contributed by atoms with Crippen LogP contribution in [0, 0.1) is 17.1 Å². The van der Waals surface area contributed by atoms with E-state index in [0.717, 1.165) is 5.56 Å². The molecule has 5 nitrogen and oxygen atoms in total. The van der Waals surface area contributed by atoms with Crippen LogP contribution < -0.4 is 5.32 Å². The van der Waals surface area contributed by atoms with E-state index in [1.807, 2.05) is 6.07 Å². The van der Waals surface area contributed by atoms with Crippen LogP contribution in [0.1, 0.15) is 53.5 Å². The molecule has 1 atom stereocenters. The van der Waals surface area contributed by atoms with Crippen molar-refractivity contribution in [1.29, 1.82) is 5.26 Å². The molecule has 0 spiro atoms. The van der Waals surface area contributed by atoms with E-state index in [-0.39, 0.29) is 17.9 Å². The minimum atomic E-state index is -0.894. The zero-order valence-corrected chi connectivity index (χ0v) is 16.7. The molecular weight excluding hydrogens is 383 g/mol. The number of amides is 1. The Balaban J connectivity index is 2.33. The average molecular weight is 406 g/mol. The Bertz CT molecular complexity index is 1040. The van der Waals surface area contributed by atoms with Crippen LogP contribution in [0.15, 0.2) is 43.5 Å². The minimum Gasteiger partial charge on any atom is -0.481 e. The van der Waals surface area contributed by atoms with Crippen LogP contribution in [-0.4, -0.2) is 17.0 Å². The van der Waals surface area contributed by atoms with Crippen LogP contribution in [0.4, 0.5) is 10.1 Å². The van der Waals surface area contributed by atoms with E-state index >= 15 is 0 Å². The van der Waals surface area contributed by atoms with Gasteiger partial charge in [-0.3, -0.25) is 9.59 Å². The molecule has 0 aromatic heterocycles. The molecule has 1 amide bonds. The normalized spacial score (nSPS) is 11.2. The van der Waals surface area contributed by atoms with Crippen molar-refractivity contribution < 1.29 is 19.1 Å². The van der Waals surface area contributed by atoms with E-state index in [4.69, 9.17) is 5.11 Å². The quantitative estimate of drug-likeness (QED) is 0.604. The molecule has 1 unspecified atom stereocenters. The molecule has 0 aliphatic heterocycles. The number of anilines is 1. The van der Waals surface area contributed by atoms with Crippen molar-refractivity contribution in [3.63, 3.8) is 0 Å².